The first-order chi connectivity index (χ1) is 10.3. The summed E-state index contributed by atoms with van der Waals surface area (Å²) in [5.41, 5.74) is 0. The molecule has 1 aromatic rings. The summed E-state index contributed by atoms with van der Waals surface area (Å²) in [7, 11) is 0. The SMILES string of the molecule is CCNC(=NCc1ccco1)NCC1CCCN(CC)C1. The van der Waals surface area contributed by atoms with Crippen molar-refractivity contribution in [1.29, 1.82) is 0 Å². The van der Waals surface area contributed by atoms with Crippen molar-refractivity contribution < 1.29 is 4.42 Å². The quantitative estimate of drug-likeness (QED) is 0.622. The van der Waals surface area contributed by atoms with E-state index in [-0.39, 0.29) is 0 Å². The molecule has 0 aromatic carbocycles. The molecular formula is C16H28N4O. The number of likely N-dealkylation sites (tertiary alicyclic amines) is 1. The van der Waals surface area contributed by atoms with E-state index in [0.29, 0.717) is 12.5 Å². The van der Waals surface area contributed by atoms with Gasteiger partial charge in [0.2, 0.25) is 0 Å². The van der Waals surface area contributed by atoms with Crippen LogP contribution in [0.1, 0.15) is 32.4 Å². The molecule has 118 valence electrons. The van der Waals surface area contributed by atoms with E-state index in [1.54, 1.807) is 6.26 Å². The van der Waals surface area contributed by atoms with Crippen LogP contribution in [0.25, 0.3) is 0 Å². The predicted octanol–water partition coefficient (Wildman–Crippen LogP) is 2.07. The Morgan fingerprint density at radius 1 is 1.43 bits per heavy atom. The predicted molar refractivity (Wildman–Crippen MR) is 86.4 cm³/mol. The van der Waals surface area contributed by atoms with Gasteiger partial charge in [-0.25, -0.2) is 4.99 Å². The van der Waals surface area contributed by atoms with Crippen LogP contribution in [0.2, 0.25) is 0 Å². The number of furan rings is 1. The van der Waals surface area contributed by atoms with Crippen LogP contribution < -0.4 is 10.6 Å². The van der Waals surface area contributed by atoms with E-state index < -0.39 is 0 Å². The third-order valence-electron chi connectivity index (χ3n) is 3.93. The van der Waals surface area contributed by atoms with Crippen molar-refractivity contribution in [2.45, 2.75) is 33.2 Å². The molecule has 0 saturated carbocycles. The second kappa shape index (κ2) is 8.72. The van der Waals surface area contributed by atoms with E-state index >= 15 is 0 Å². The van der Waals surface area contributed by atoms with Gasteiger partial charge in [-0.15, -0.1) is 0 Å². The first kappa shape index (κ1) is 15.9. The minimum Gasteiger partial charge on any atom is -0.467 e. The van der Waals surface area contributed by atoms with Gasteiger partial charge in [0, 0.05) is 19.6 Å². The second-order valence-corrected chi connectivity index (χ2v) is 5.56. The van der Waals surface area contributed by atoms with E-state index in [1.165, 1.54) is 25.9 Å². The Hall–Kier alpha value is -1.49. The highest BCUT2D eigenvalue weighted by atomic mass is 16.3. The summed E-state index contributed by atoms with van der Waals surface area (Å²) in [6.45, 7) is 10.4. The molecule has 0 amide bonds. The second-order valence-electron chi connectivity index (χ2n) is 5.56. The zero-order valence-corrected chi connectivity index (χ0v) is 13.3. The fraction of sp³-hybridized carbons (Fsp3) is 0.688. The monoisotopic (exact) mass is 292 g/mol. The lowest BCUT2D eigenvalue weighted by Gasteiger charge is -2.32. The molecule has 1 aliphatic rings. The molecule has 0 bridgehead atoms. The van der Waals surface area contributed by atoms with Gasteiger partial charge in [0.15, 0.2) is 5.96 Å². The molecule has 0 spiro atoms. The summed E-state index contributed by atoms with van der Waals surface area (Å²) in [5, 5.41) is 6.76. The van der Waals surface area contributed by atoms with Crippen LogP contribution in [0.3, 0.4) is 0 Å². The lowest BCUT2D eigenvalue weighted by Crippen LogP contribution is -2.44. The van der Waals surface area contributed by atoms with Gasteiger partial charge in [-0.05, 0) is 50.9 Å². The minimum absolute atomic E-state index is 0.577. The molecule has 21 heavy (non-hydrogen) atoms. The fourth-order valence-corrected chi connectivity index (χ4v) is 2.75. The van der Waals surface area contributed by atoms with Gasteiger partial charge in [0.05, 0.1) is 6.26 Å². The molecule has 1 atom stereocenters. The third kappa shape index (κ3) is 5.42. The lowest BCUT2D eigenvalue weighted by atomic mass is 9.98. The smallest absolute Gasteiger partial charge is 0.191 e. The lowest BCUT2D eigenvalue weighted by molar-refractivity contribution is 0.183. The zero-order valence-electron chi connectivity index (χ0n) is 13.3. The molecular weight excluding hydrogens is 264 g/mol. The van der Waals surface area contributed by atoms with Crippen LogP contribution in [-0.2, 0) is 6.54 Å². The molecule has 1 fully saturated rings. The normalized spacial score (nSPS) is 20.5. The number of guanidine groups is 1. The van der Waals surface area contributed by atoms with Gasteiger partial charge in [0.25, 0.3) is 0 Å². The van der Waals surface area contributed by atoms with E-state index in [9.17, 15) is 0 Å². The summed E-state index contributed by atoms with van der Waals surface area (Å²) >= 11 is 0. The van der Waals surface area contributed by atoms with Crippen molar-refractivity contribution >= 4 is 5.96 Å². The molecule has 1 saturated heterocycles. The zero-order chi connectivity index (χ0) is 14.9. The summed E-state index contributed by atoms with van der Waals surface area (Å²) in [5.74, 6) is 2.48. The molecule has 1 unspecified atom stereocenters. The Balaban J connectivity index is 1.80. The molecule has 0 aliphatic carbocycles. The Morgan fingerprint density at radius 2 is 2.33 bits per heavy atom. The van der Waals surface area contributed by atoms with Crippen molar-refractivity contribution in [3.63, 3.8) is 0 Å². The van der Waals surface area contributed by atoms with Crippen molar-refractivity contribution in [1.82, 2.24) is 15.5 Å². The average Bonchev–Trinajstić information content (AvgIpc) is 3.03. The van der Waals surface area contributed by atoms with E-state index in [4.69, 9.17) is 4.42 Å². The molecule has 2 N–H and O–H groups in total. The number of rotatable bonds is 6. The van der Waals surface area contributed by atoms with Gasteiger partial charge in [-0.3, -0.25) is 0 Å². The van der Waals surface area contributed by atoms with Crippen LogP contribution in [0.15, 0.2) is 27.8 Å². The van der Waals surface area contributed by atoms with Crippen LogP contribution in [0.4, 0.5) is 0 Å². The van der Waals surface area contributed by atoms with Gasteiger partial charge < -0.3 is 20.0 Å². The van der Waals surface area contributed by atoms with Crippen LogP contribution >= 0.6 is 0 Å². The van der Waals surface area contributed by atoms with Crippen LogP contribution in [0, 0.1) is 5.92 Å². The Labute approximate surface area is 127 Å². The number of hydrogen-bond donors (Lipinski definition) is 2. The van der Waals surface area contributed by atoms with Crippen LogP contribution in [-0.4, -0.2) is 43.6 Å². The molecule has 1 aromatic heterocycles. The van der Waals surface area contributed by atoms with Crippen molar-refractivity contribution in [2.75, 3.05) is 32.7 Å². The number of hydrogen-bond acceptors (Lipinski definition) is 3. The van der Waals surface area contributed by atoms with Gasteiger partial charge >= 0.3 is 0 Å². The number of nitrogens with zero attached hydrogens (tertiary/aromatic N) is 2. The Kier molecular flexibility index (Phi) is 6.60. The average molecular weight is 292 g/mol. The van der Waals surface area contributed by atoms with Gasteiger partial charge in [-0.1, -0.05) is 6.92 Å². The standard InChI is InChI=1S/C16H28N4O/c1-3-17-16(19-12-15-8-6-10-21-15)18-11-14-7-5-9-20(4-2)13-14/h6,8,10,14H,3-5,7,9,11-13H2,1-2H3,(H2,17,18,19). The highest BCUT2D eigenvalue weighted by Crippen LogP contribution is 2.15. The molecule has 2 heterocycles. The summed E-state index contributed by atoms with van der Waals surface area (Å²) in [4.78, 5) is 7.10. The minimum atomic E-state index is 0.577. The molecule has 5 heteroatoms. The maximum Gasteiger partial charge on any atom is 0.191 e. The maximum absolute atomic E-state index is 5.32. The first-order valence-corrected chi connectivity index (χ1v) is 8.08. The maximum atomic E-state index is 5.32. The van der Waals surface area contributed by atoms with Gasteiger partial charge in [0.1, 0.15) is 12.3 Å². The van der Waals surface area contributed by atoms with E-state index in [2.05, 4.69) is 34.4 Å². The highest BCUT2D eigenvalue weighted by molar-refractivity contribution is 5.79. The summed E-state index contributed by atoms with van der Waals surface area (Å²) in [6.07, 6.45) is 4.30. The number of nitrogens with one attached hydrogen (secondary N) is 2. The molecule has 5 nitrogen and oxygen atoms in total. The molecule has 2 rings (SSSR count). The summed E-state index contributed by atoms with van der Waals surface area (Å²) < 4.78 is 5.32. The highest BCUT2D eigenvalue weighted by Gasteiger charge is 2.18. The molecule has 1 aliphatic heterocycles. The van der Waals surface area contributed by atoms with Gasteiger partial charge in [-0.2, -0.15) is 0 Å². The largest absolute Gasteiger partial charge is 0.467 e. The van der Waals surface area contributed by atoms with E-state index in [1.807, 2.05) is 12.1 Å². The van der Waals surface area contributed by atoms with Crippen molar-refractivity contribution in [2.24, 2.45) is 10.9 Å². The number of aliphatic imine (C=N–C) groups is 1. The van der Waals surface area contributed by atoms with Crippen molar-refractivity contribution in [3.8, 4) is 0 Å². The Morgan fingerprint density at radius 3 is 3.05 bits per heavy atom. The fourth-order valence-electron chi connectivity index (χ4n) is 2.75. The Bertz CT molecular complexity index is 416. The van der Waals surface area contributed by atoms with Crippen molar-refractivity contribution in [3.05, 3.63) is 24.2 Å². The summed E-state index contributed by atoms with van der Waals surface area (Å²) in [6, 6.07) is 3.85. The third-order valence-corrected chi connectivity index (χ3v) is 3.93. The topological polar surface area (TPSA) is 52.8 Å². The van der Waals surface area contributed by atoms with Crippen LogP contribution in [0.5, 0.6) is 0 Å². The first-order valence-electron chi connectivity index (χ1n) is 8.08. The van der Waals surface area contributed by atoms with E-state index in [0.717, 1.165) is 31.4 Å². The molecule has 0 radical (unpaired) electrons. The number of piperidine rings is 1.